The summed E-state index contributed by atoms with van der Waals surface area (Å²) in [6.07, 6.45) is 3.06. The zero-order valence-corrected chi connectivity index (χ0v) is 10.8. The number of hydrogen-bond donors (Lipinski definition) is 2. The SMILES string of the molecule is COCCC(C)NS(=O)(=O)CCNC1CC1. The van der Waals surface area contributed by atoms with Crippen LogP contribution in [-0.2, 0) is 14.8 Å². The molecule has 1 atom stereocenters. The van der Waals surface area contributed by atoms with Crippen LogP contribution in [0.3, 0.4) is 0 Å². The van der Waals surface area contributed by atoms with E-state index < -0.39 is 10.0 Å². The lowest BCUT2D eigenvalue weighted by atomic mass is 10.3. The van der Waals surface area contributed by atoms with Gasteiger partial charge in [-0.25, -0.2) is 13.1 Å². The Morgan fingerprint density at radius 2 is 2.12 bits per heavy atom. The molecule has 0 aliphatic heterocycles. The molecule has 16 heavy (non-hydrogen) atoms. The molecule has 0 heterocycles. The van der Waals surface area contributed by atoms with Gasteiger partial charge in [0.25, 0.3) is 0 Å². The van der Waals surface area contributed by atoms with E-state index in [1.54, 1.807) is 7.11 Å². The summed E-state index contributed by atoms with van der Waals surface area (Å²) in [4.78, 5) is 0. The molecular weight excluding hydrogens is 228 g/mol. The van der Waals surface area contributed by atoms with E-state index in [2.05, 4.69) is 10.0 Å². The molecule has 1 unspecified atom stereocenters. The lowest BCUT2D eigenvalue weighted by molar-refractivity contribution is 0.188. The summed E-state index contributed by atoms with van der Waals surface area (Å²) in [7, 11) is -1.54. The van der Waals surface area contributed by atoms with Crippen LogP contribution in [0.15, 0.2) is 0 Å². The van der Waals surface area contributed by atoms with Crippen molar-refractivity contribution in [2.45, 2.75) is 38.3 Å². The van der Waals surface area contributed by atoms with Gasteiger partial charge in [-0.3, -0.25) is 0 Å². The molecule has 96 valence electrons. The molecule has 0 radical (unpaired) electrons. The Morgan fingerprint density at radius 3 is 2.69 bits per heavy atom. The van der Waals surface area contributed by atoms with Gasteiger partial charge in [-0.05, 0) is 26.2 Å². The highest BCUT2D eigenvalue weighted by atomic mass is 32.2. The van der Waals surface area contributed by atoms with Crippen LogP contribution in [-0.4, -0.2) is 46.5 Å². The Morgan fingerprint density at radius 1 is 1.44 bits per heavy atom. The summed E-state index contributed by atoms with van der Waals surface area (Å²) in [6, 6.07) is 0.493. The van der Waals surface area contributed by atoms with Crippen LogP contribution in [0.1, 0.15) is 26.2 Å². The van der Waals surface area contributed by atoms with Crippen LogP contribution in [0.5, 0.6) is 0 Å². The van der Waals surface area contributed by atoms with E-state index in [4.69, 9.17) is 4.74 Å². The molecule has 0 spiro atoms. The molecule has 0 saturated heterocycles. The van der Waals surface area contributed by atoms with E-state index in [9.17, 15) is 8.42 Å². The van der Waals surface area contributed by atoms with Crippen molar-refractivity contribution in [3.63, 3.8) is 0 Å². The predicted molar refractivity (Wildman–Crippen MR) is 63.9 cm³/mol. The summed E-state index contributed by atoms with van der Waals surface area (Å²) in [6.45, 7) is 2.96. The van der Waals surface area contributed by atoms with Crippen LogP contribution in [0, 0.1) is 0 Å². The molecule has 1 aliphatic rings. The van der Waals surface area contributed by atoms with Gasteiger partial charge in [0.2, 0.25) is 10.0 Å². The highest BCUT2D eigenvalue weighted by Gasteiger charge is 2.21. The Bertz CT molecular complexity index is 288. The molecule has 0 amide bonds. The minimum Gasteiger partial charge on any atom is -0.385 e. The average molecular weight is 250 g/mol. The highest BCUT2D eigenvalue weighted by Crippen LogP contribution is 2.17. The second kappa shape index (κ2) is 6.54. The van der Waals surface area contributed by atoms with Crippen LogP contribution in [0.4, 0.5) is 0 Å². The first-order valence-corrected chi connectivity index (χ1v) is 7.41. The summed E-state index contributed by atoms with van der Waals surface area (Å²) < 4.78 is 30.8. The van der Waals surface area contributed by atoms with Crippen molar-refractivity contribution >= 4 is 10.0 Å². The van der Waals surface area contributed by atoms with Gasteiger partial charge in [0.05, 0.1) is 5.75 Å². The van der Waals surface area contributed by atoms with Crippen molar-refractivity contribution in [2.75, 3.05) is 26.0 Å². The molecule has 1 fully saturated rings. The predicted octanol–water partition coefficient (Wildman–Crippen LogP) is 0.0828. The van der Waals surface area contributed by atoms with Crippen molar-refractivity contribution in [3.05, 3.63) is 0 Å². The second-order valence-electron chi connectivity index (χ2n) is 4.35. The molecule has 1 rings (SSSR count). The van der Waals surface area contributed by atoms with E-state index in [1.807, 2.05) is 6.92 Å². The first kappa shape index (κ1) is 13.9. The number of rotatable bonds is 9. The first-order valence-electron chi connectivity index (χ1n) is 5.76. The third-order valence-corrected chi connectivity index (χ3v) is 4.02. The zero-order chi connectivity index (χ0) is 12.0. The second-order valence-corrected chi connectivity index (χ2v) is 6.22. The van der Waals surface area contributed by atoms with Gasteiger partial charge < -0.3 is 10.1 Å². The van der Waals surface area contributed by atoms with Crippen molar-refractivity contribution in [3.8, 4) is 0 Å². The van der Waals surface area contributed by atoms with Gasteiger partial charge in [0, 0.05) is 32.3 Å². The van der Waals surface area contributed by atoms with Gasteiger partial charge in [-0.2, -0.15) is 0 Å². The highest BCUT2D eigenvalue weighted by molar-refractivity contribution is 7.89. The fourth-order valence-corrected chi connectivity index (χ4v) is 2.64. The van der Waals surface area contributed by atoms with E-state index in [-0.39, 0.29) is 11.8 Å². The van der Waals surface area contributed by atoms with E-state index >= 15 is 0 Å². The van der Waals surface area contributed by atoms with E-state index in [1.165, 1.54) is 12.8 Å². The Kier molecular flexibility index (Phi) is 5.68. The molecule has 0 aromatic heterocycles. The quantitative estimate of drug-likeness (QED) is 0.608. The van der Waals surface area contributed by atoms with Gasteiger partial charge in [0.1, 0.15) is 0 Å². The standard InChI is InChI=1S/C10H22N2O3S/c1-9(5-7-15-2)12-16(13,14)8-6-11-10-3-4-10/h9-12H,3-8H2,1-2H3. The topological polar surface area (TPSA) is 67.4 Å². The number of methoxy groups -OCH3 is 1. The summed E-state index contributed by atoms with van der Waals surface area (Å²) in [5.74, 6) is 0.154. The molecule has 5 nitrogen and oxygen atoms in total. The van der Waals surface area contributed by atoms with Gasteiger partial charge in [0.15, 0.2) is 0 Å². The Balaban J connectivity index is 2.15. The number of ether oxygens (including phenoxy) is 1. The normalized spacial score (nSPS) is 18.6. The summed E-state index contributed by atoms with van der Waals surface area (Å²) >= 11 is 0. The maximum atomic E-state index is 11.6. The molecular formula is C10H22N2O3S. The molecule has 1 aliphatic carbocycles. The smallest absolute Gasteiger partial charge is 0.213 e. The molecule has 0 bridgehead atoms. The van der Waals surface area contributed by atoms with Gasteiger partial charge in [-0.15, -0.1) is 0 Å². The van der Waals surface area contributed by atoms with Crippen molar-refractivity contribution in [1.82, 2.24) is 10.0 Å². The lowest BCUT2D eigenvalue weighted by Crippen LogP contribution is -2.38. The maximum Gasteiger partial charge on any atom is 0.213 e. The fraction of sp³-hybridized carbons (Fsp3) is 1.00. The minimum atomic E-state index is -3.15. The molecule has 1 saturated carbocycles. The lowest BCUT2D eigenvalue weighted by Gasteiger charge is -2.13. The number of nitrogens with one attached hydrogen (secondary N) is 2. The number of hydrogen-bond acceptors (Lipinski definition) is 4. The van der Waals surface area contributed by atoms with E-state index in [0.29, 0.717) is 25.6 Å². The zero-order valence-electron chi connectivity index (χ0n) is 10.0. The van der Waals surface area contributed by atoms with Crippen molar-refractivity contribution in [1.29, 1.82) is 0 Å². The van der Waals surface area contributed by atoms with Gasteiger partial charge in [-0.1, -0.05) is 0 Å². The van der Waals surface area contributed by atoms with Crippen LogP contribution in [0.2, 0.25) is 0 Å². The first-order chi connectivity index (χ1) is 7.53. The number of sulfonamides is 1. The third kappa shape index (κ3) is 6.42. The average Bonchev–Trinajstić information content (AvgIpc) is 2.97. The van der Waals surface area contributed by atoms with Crippen molar-refractivity contribution in [2.24, 2.45) is 0 Å². The third-order valence-electron chi connectivity index (χ3n) is 2.52. The largest absolute Gasteiger partial charge is 0.385 e. The fourth-order valence-electron chi connectivity index (χ4n) is 1.40. The monoisotopic (exact) mass is 250 g/mol. The molecule has 2 N–H and O–H groups in total. The van der Waals surface area contributed by atoms with Crippen LogP contribution in [0.25, 0.3) is 0 Å². The van der Waals surface area contributed by atoms with Gasteiger partial charge >= 0.3 is 0 Å². The molecule has 6 heteroatoms. The van der Waals surface area contributed by atoms with Crippen LogP contribution >= 0.6 is 0 Å². The van der Waals surface area contributed by atoms with E-state index in [0.717, 1.165) is 0 Å². The Hall–Kier alpha value is -0.170. The molecule has 0 aromatic rings. The summed E-state index contributed by atoms with van der Waals surface area (Å²) in [5, 5.41) is 3.19. The minimum absolute atomic E-state index is 0.0640. The Labute approximate surface area is 98.0 Å². The molecule has 0 aromatic carbocycles. The van der Waals surface area contributed by atoms with Crippen molar-refractivity contribution < 1.29 is 13.2 Å². The van der Waals surface area contributed by atoms with Crippen LogP contribution < -0.4 is 10.0 Å². The maximum absolute atomic E-state index is 11.6. The summed E-state index contributed by atoms with van der Waals surface area (Å²) in [5.41, 5.74) is 0.